The molecule has 0 saturated carbocycles. The van der Waals surface area contributed by atoms with Crippen LogP contribution in [0.2, 0.25) is 0 Å². The van der Waals surface area contributed by atoms with Gasteiger partial charge < -0.3 is 14.4 Å². The minimum Gasteiger partial charge on any atom is -0.400 e. The molecule has 0 amide bonds. The van der Waals surface area contributed by atoms with Crippen LogP contribution in [0.1, 0.15) is 38.8 Å². The molecule has 1 saturated heterocycles. The summed E-state index contributed by atoms with van der Waals surface area (Å²) >= 11 is 0. The Hall–Kier alpha value is -1.38. The van der Waals surface area contributed by atoms with Gasteiger partial charge in [0.2, 0.25) is 0 Å². The molecule has 0 aliphatic carbocycles. The van der Waals surface area contributed by atoms with Crippen molar-refractivity contribution in [1.29, 1.82) is 0 Å². The van der Waals surface area contributed by atoms with Crippen molar-refractivity contribution in [3.8, 4) is 0 Å². The van der Waals surface area contributed by atoms with E-state index in [-0.39, 0.29) is 5.56 Å². The van der Waals surface area contributed by atoms with E-state index < -0.39 is 42.5 Å². The van der Waals surface area contributed by atoms with Gasteiger partial charge in [0, 0.05) is 0 Å². The van der Waals surface area contributed by atoms with Gasteiger partial charge in [0.25, 0.3) is 0 Å². The Bertz CT molecular complexity index is 637. The first-order valence-corrected chi connectivity index (χ1v) is 7.41. The predicted octanol–water partition coefficient (Wildman–Crippen LogP) is 3.85. The second kappa shape index (κ2) is 6.17. The molecule has 0 aromatic heterocycles. The molecule has 0 atom stereocenters. The molecule has 8 heteroatoms. The Balaban J connectivity index is 2.31. The minimum absolute atomic E-state index is 0.180. The second-order valence-corrected chi connectivity index (χ2v) is 6.70. The molecule has 24 heavy (non-hydrogen) atoms. The lowest BCUT2D eigenvalue weighted by Crippen LogP contribution is -2.41. The summed E-state index contributed by atoms with van der Waals surface area (Å²) in [5.41, 5.74) is -2.11. The van der Waals surface area contributed by atoms with E-state index in [1.165, 1.54) is 6.08 Å². The van der Waals surface area contributed by atoms with Crippen LogP contribution in [0.3, 0.4) is 0 Å². The third-order valence-electron chi connectivity index (χ3n) is 4.39. The van der Waals surface area contributed by atoms with Crippen molar-refractivity contribution in [3.63, 3.8) is 0 Å². The number of aliphatic hydroxyl groups is 1. The predicted molar refractivity (Wildman–Crippen MR) is 82.5 cm³/mol. The number of hydrogen-bond donors (Lipinski definition) is 1. The van der Waals surface area contributed by atoms with Gasteiger partial charge in [-0.2, -0.15) is 13.2 Å². The Labute approximate surface area is 138 Å². The molecule has 1 aromatic rings. The molecule has 1 fully saturated rings. The monoisotopic (exact) mass is 346 g/mol. The highest BCUT2D eigenvalue weighted by Gasteiger charge is 2.52. The van der Waals surface area contributed by atoms with Crippen LogP contribution in [-0.2, 0) is 15.5 Å². The molecular formula is C16H19BF4O3. The van der Waals surface area contributed by atoms with Gasteiger partial charge in [0.1, 0.15) is 5.82 Å². The van der Waals surface area contributed by atoms with E-state index in [2.05, 4.69) is 0 Å². The van der Waals surface area contributed by atoms with Crippen molar-refractivity contribution < 1.29 is 32.0 Å². The minimum atomic E-state index is -4.75. The van der Waals surface area contributed by atoms with Crippen molar-refractivity contribution in [2.75, 3.05) is 6.61 Å². The van der Waals surface area contributed by atoms with Gasteiger partial charge >= 0.3 is 13.3 Å². The van der Waals surface area contributed by atoms with Crippen LogP contribution < -0.4 is 0 Å². The fourth-order valence-corrected chi connectivity index (χ4v) is 2.25. The first-order valence-electron chi connectivity index (χ1n) is 7.41. The van der Waals surface area contributed by atoms with Gasteiger partial charge in [0.15, 0.2) is 0 Å². The Morgan fingerprint density at radius 1 is 1.17 bits per heavy atom. The fraction of sp³-hybridized carbons (Fsp3) is 0.500. The standard InChI is InChI=1S/C16H19BF4O3/c1-14(2)15(3,4)24-17(23-14)11(9-22)7-10-5-6-12(13(18)8-10)16(19,20)21/h5-8,22H,9H2,1-4H3. The van der Waals surface area contributed by atoms with E-state index in [1.54, 1.807) is 0 Å². The topological polar surface area (TPSA) is 38.7 Å². The molecular weight excluding hydrogens is 327 g/mol. The highest BCUT2D eigenvalue weighted by atomic mass is 19.4. The normalized spacial score (nSPS) is 20.5. The third-order valence-corrected chi connectivity index (χ3v) is 4.39. The third kappa shape index (κ3) is 3.65. The summed E-state index contributed by atoms with van der Waals surface area (Å²) in [6, 6.07) is 2.57. The molecule has 1 N–H and O–H groups in total. The summed E-state index contributed by atoms with van der Waals surface area (Å²) in [5.74, 6) is -1.37. The maximum Gasteiger partial charge on any atom is 0.492 e. The highest BCUT2D eigenvalue weighted by Crippen LogP contribution is 2.39. The largest absolute Gasteiger partial charge is 0.492 e. The smallest absolute Gasteiger partial charge is 0.400 e. The lowest BCUT2D eigenvalue weighted by Gasteiger charge is -2.32. The average molecular weight is 346 g/mol. The van der Waals surface area contributed by atoms with E-state index in [0.29, 0.717) is 11.5 Å². The van der Waals surface area contributed by atoms with Crippen LogP contribution >= 0.6 is 0 Å². The Kier molecular flexibility index (Phi) is 4.87. The zero-order chi connectivity index (χ0) is 18.3. The maximum atomic E-state index is 13.6. The van der Waals surface area contributed by atoms with E-state index in [0.717, 1.165) is 12.1 Å². The molecule has 1 heterocycles. The Morgan fingerprint density at radius 3 is 2.12 bits per heavy atom. The van der Waals surface area contributed by atoms with Crippen molar-refractivity contribution in [1.82, 2.24) is 0 Å². The number of hydrogen-bond acceptors (Lipinski definition) is 3. The van der Waals surface area contributed by atoms with Gasteiger partial charge in [-0.1, -0.05) is 12.1 Å². The van der Waals surface area contributed by atoms with Crippen LogP contribution in [-0.4, -0.2) is 30.0 Å². The molecule has 1 aliphatic heterocycles. The molecule has 132 valence electrons. The molecule has 3 nitrogen and oxygen atoms in total. The first kappa shape index (κ1) is 19.0. The fourth-order valence-electron chi connectivity index (χ4n) is 2.25. The maximum absolute atomic E-state index is 13.6. The van der Waals surface area contributed by atoms with Gasteiger partial charge in [-0.25, -0.2) is 4.39 Å². The molecule has 1 aromatic carbocycles. The van der Waals surface area contributed by atoms with Gasteiger partial charge in [0.05, 0.1) is 23.4 Å². The average Bonchev–Trinajstić information content (AvgIpc) is 2.63. The van der Waals surface area contributed by atoms with Crippen LogP contribution in [0.25, 0.3) is 6.08 Å². The summed E-state index contributed by atoms with van der Waals surface area (Å²) in [7, 11) is -0.856. The lowest BCUT2D eigenvalue weighted by molar-refractivity contribution is -0.140. The highest BCUT2D eigenvalue weighted by molar-refractivity contribution is 6.55. The molecule has 1 aliphatic rings. The van der Waals surface area contributed by atoms with Crippen molar-refractivity contribution in [3.05, 3.63) is 40.6 Å². The molecule has 2 rings (SSSR count). The zero-order valence-electron chi connectivity index (χ0n) is 13.9. The quantitative estimate of drug-likeness (QED) is 0.667. The number of alkyl halides is 3. The molecule has 0 unspecified atom stereocenters. The molecule has 0 bridgehead atoms. The number of halogens is 4. The summed E-state index contributed by atoms with van der Waals surface area (Å²) in [4.78, 5) is 0. The second-order valence-electron chi connectivity index (χ2n) is 6.70. The molecule has 0 spiro atoms. The summed E-state index contributed by atoms with van der Waals surface area (Å²) in [6.45, 7) is 6.90. The van der Waals surface area contributed by atoms with E-state index >= 15 is 0 Å². The number of benzene rings is 1. The van der Waals surface area contributed by atoms with Gasteiger partial charge in [-0.3, -0.25) is 0 Å². The van der Waals surface area contributed by atoms with E-state index in [9.17, 15) is 22.7 Å². The number of rotatable bonds is 3. The van der Waals surface area contributed by atoms with Crippen LogP contribution in [0.15, 0.2) is 23.7 Å². The summed E-state index contributed by atoms with van der Waals surface area (Å²) in [6.07, 6.45) is -3.39. The van der Waals surface area contributed by atoms with Crippen LogP contribution in [0, 0.1) is 5.82 Å². The van der Waals surface area contributed by atoms with Crippen molar-refractivity contribution >= 4 is 13.2 Å². The SMILES string of the molecule is CC1(C)OB(C(=Cc2ccc(C(F)(F)F)c(F)c2)CO)OC1(C)C. The van der Waals surface area contributed by atoms with Gasteiger partial charge in [-0.15, -0.1) is 0 Å². The van der Waals surface area contributed by atoms with Crippen molar-refractivity contribution in [2.24, 2.45) is 0 Å². The lowest BCUT2D eigenvalue weighted by atomic mass is 9.77. The first-order chi connectivity index (χ1) is 10.9. The summed E-state index contributed by atoms with van der Waals surface area (Å²) < 4.78 is 63.0. The number of aliphatic hydroxyl groups excluding tert-OH is 1. The zero-order valence-corrected chi connectivity index (χ0v) is 13.9. The molecule has 0 radical (unpaired) electrons. The van der Waals surface area contributed by atoms with Crippen LogP contribution in [0.5, 0.6) is 0 Å². The van der Waals surface area contributed by atoms with E-state index in [1.807, 2.05) is 27.7 Å². The summed E-state index contributed by atoms with van der Waals surface area (Å²) in [5, 5.41) is 9.54. The van der Waals surface area contributed by atoms with E-state index in [4.69, 9.17) is 9.31 Å². The Morgan fingerprint density at radius 2 is 1.71 bits per heavy atom. The van der Waals surface area contributed by atoms with Crippen LogP contribution in [0.4, 0.5) is 17.6 Å². The van der Waals surface area contributed by atoms with Gasteiger partial charge in [-0.05, 0) is 50.9 Å². The van der Waals surface area contributed by atoms with Crippen molar-refractivity contribution in [2.45, 2.75) is 45.1 Å².